The van der Waals surface area contributed by atoms with Crippen molar-refractivity contribution in [2.75, 3.05) is 37.5 Å². The van der Waals surface area contributed by atoms with Gasteiger partial charge >= 0.3 is 0 Å². The van der Waals surface area contributed by atoms with Crippen molar-refractivity contribution < 1.29 is 9.47 Å². The maximum absolute atomic E-state index is 6.06. The molecule has 5 aromatic rings. The number of rotatable bonds is 8. The molecule has 0 aliphatic heterocycles. The van der Waals surface area contributed by atoms with Crippen LogP contribution >= 0.6 is 12.4 Å². The fraction of sp³-hybridized carbons (Fsp3) is 0.160. The van der Waals surface area contributed by atoms with E-state index in [9.17, 15) is 0 Å². The number of aromatic nitrogens is 4. The van der Waals surface area contributed by atoms with Crippen LogP contribution in [0, 0.1) is 0 Å². The highest BCUT2D eigenvalue weighted by Crippen LogP contribution is 2.35. The zero-order chi connectivity index (χ0) is 22.6. The number of aromatic amines is 1. The zero-order valence-electron chi connectivity index (χ0n) is 18.9. The van der Waals surface area contributed by atoms with Crippen LogP contribution < -0.4 is 19.7 Å². The first-order chi connectivity index (χ1) is 16.2. The second kappa shape index (κ2) is 10.3. The van der Waals surface area contributed by atoms with Gasteiger partial charge < -0.3 is 24.7 Å². The number of fused-ring (bicyclic) bond motifs is 2. The van der Waals surface area contributed by atoms with Gasteiger partial charge in [0.2, 0.25) is 0 Å². The van der Waals surface area contributed by atoms with Crippen LogP contribution in [0.1, 0.15) is 0 Å². The molecule has 3 heterocycles. The molecule has 0 aliphatic rings. The Kier molecular flexibility index (Phi) is 6.98. The monoisotopic (exact) mass is 476 g/mol. The number of likely N-dealkylation sites (N-methyl/N-ethyl adjacent to an activating group) is 1. The minimum absolute atomic E-state index is 0. The van der Waals surface area contributed by atoms with Gasteiger partial charge in [-0.25, -0.2) is 9.97 Å². The molecule has 0 unspecified atom stereocenters. The van der Waals surface area contributed by atoms with Gasteiger partial charge in [-0.1, -0.05) is 6.07 Å². The van der Waals surface area contributed by atoms with E-state index >= 15 is 0 Å². The van der Waals surface area contributed by atoms with E-state index in [2.05, 4.69) is 42.3 Å². The molecular weight excluding hydrogens is 452 g/mol. The van der Waals surface area contributed by atoms with Crippen LogP contribution in [0.3, 0.4) is 0 Å². The number of nitrogens with one attached hydrogen (secondary N) is 2. The number of methoxy groups -OCH3 is 1. The maximum atomic E-state index is 6.06. The highest BCUT2D eigenvalue weighted by Gasteiger charge is 2.13. The average Bonchev–Trinajstić information content (AvgIpc) is 3.32. The smallest absolute Gasteiger partial charge is 0.163 e. The third-order valence-corrected chi connectivity index (χ3v) is 5.53. The number of halogens is 1. The SMILES string of the molecule is COc1cc2c(Nc3ccc4cc[nH]c4c3)ncnc2cc1OCCN(C)c1ccncc1.Cl. The van der Waals surface area contributed by atoms with Gasteiger partial charge in [0.1, 0.15) is 18.8 Å². The molecule has 0 spiro atoms. The number of H-pyrrole nitrogens is 1. The van der Waals surface area contributed by atoms with Crippen molar-refractivity contribution in [3.63, 3.8) is 0 Å². The summed E-state index contributed by atoms with van der Waals surface area (Å²) in [6, 6.07) is 15.9. The Morgan fingerprint density at radius 1 is 1.00 bits per heavy atom. The second-order valence-electron chi connectivity index (χ2n) is 7.62. The van der Waals surface area contributed by atoms with Crippen LogP contribution in [-0.2, 0) is 0 Å². The van der Waals surface area contributed by atoms with Gasteiger partial charge in [-0.3, -0.25) is 4.98 Å². The number of anilines is 3. The van der Waals surface area contributed by atoms with Crippen molar-refractivity contribution in [2.45, 2.75) is 0 Å². The minimum Gasteiger partial charge on any atom is -0.493 e. The van der Waals surface area contributed by atoms with Crippen molar-refractivity contribution in [1.29, 1.82) is 0 Å². The standard InChI is InChI=1S/C25H24N6O2.ClH/c1-31(19-6-8-26-9-7-19)11-12-33-24-15-22-20(14-23(24)32-2)25(29-16-28-22)30-18-4-3-17-5-10-27-21(17)13-18;/h3-10,13-16,27H,11-12H2,1-2H3,(H,28,29,30);1H. The average molecular weight is 477 g/mol. The summed E-state index contributed by atoms with van der Waals surface area (Å²) in [5.74, 6) is 1.98. The van der Waals surface area contributed by atoms with Gasteiger partial charge in [0.15, 0.2) is 11.5 Å². The Balaban J connectivity index is 0.00000274. The van der Waals surface area contributed by atoms with Crippen molar-refractivity contribution in [3.05, 3.63) is 73.4 Å². The minimum atomic E-state index is 0. The van der Waals surface area contributed by atoms with Crippen molar-refractivity contribution in [3.8, 4) is 11.5 Å². The lowest BCUT2D eigenvalue weighted by Gasteiger charge is -2.20. The van der Waals surface area contributed by atoms with E-state index in [1.807, 2.05) is 49.6 Å². The van der Waals surface area contributed by atoms with Crippen LogP contribution in [-0.4, -0.2) is 47.2 Å². The molecule has 0 radical (unpaired) electrons. The number of pyridine rings is 1. The van der Waals surface area contributed by atoms with Gasteiger partial charge in [-0.2, -0.15) is 0 Å². The number of benzene rings is 2. The van der Waals surface area contributed by atoms with E-state index < -0.39 is 0 Å². The molecule has 2 aromatic carbocycles. The van der Waals surface area contributed by atoms with Gasteiger partial charge in [0, 0.05) is 54.0 Å². The Bertz CT molecular complexity index is 1390. The van der Waals surface area contributed by atoms with Crippen molar-refractivity contribution >= 4 is 51.4 Å². The number of hydrogen-bond donors (Lipinski definition) is 2. The Labute approximate surface area is 203 Å². The third kappa shape index (κ3) is 4.82. The molecule has 0 fully saturated rings. The van der Waals surface area contributed by atoms with Gasteiger partial charge in [0.25, 0.3) is 0 Å². The summed E-state index contributed by atoms with van der Waals surface area (Å²) < 4.78 is 11.7. The number of hydrogen-bond acceptors (Lipinski definition) is 7. The van der Waals surface area contributed by atoms with E-state index in [0.717, 1.165) is 33.2 Å². The van der Waals surface area contributed by atoms with Crippen LogP contribution in [0.15, 0.2) is 73.4 Å². The van der Waals surface area contributed by atoms with Crippen LogP contribution in [0.5, 0.6) is 11.5 Å². The zero-order valence-corrected chi connectivity index (χ0v) is 19.7. The van der Waals surface area contributed by atoms with Crippen LogP contribution in [0.25, 0.3) is 21.8 Å². The summed E-state index contributed by atoms with van der Waals surface area (Å²) in [5.41, 5.74) is 3.85. The molecule has 8 nitrogen and oxygen atoms in total. The molecule has 34 heavy (non-hydrogen) atoms. The Hall–Kier alpha value is -4.04. The van der Waals surface area contributed by atoms with E-state index in [4.69, 9.17) is 9.47 Å². The Morgan fingerprint density at radius 2 is 1.85 bits per heavy atom. The summed E-state index contributed by atoms with van der Waals surface area (Å²) in [5, 5.41) is 5.40. The van der Waals surface area contributed by atoms with E-state index in [1.165, 1.54) is 0 Å². The molecule has 3 aromatic heterocycles. The highest BCUT2D eigenvalue weighted by atomic mass is 35.5. The lowest BCUT2D eigenvalue weighted by atomic mass is 10.2. The van der Waals surface area contributed by atoms with Gasteiger partial charge in [-0.05, 0) is 41.8 Å². The van der Waals surface area contributed by atoms with Gasteiger partial charge in [0.05, 0.1) is 19.2 Å². The fourth-order valence-electron chi connectivity index (χ4n) is 3.72. The molecular formula is C25H25ClN6O2. The van der Waals surface area contributed by atoms with Crippen LogP contribution in [0.2, 0.25) is 0 Å². The molecule has 5 rings (SSSR count). The van der Waals surface area contributed by atoms with E-state index in [1.54, 1.807) is 25.8 Å². The molecule has 0 amide bonds. The summed E-state index contributed by atoms with van der Waals surface area (Å²) in [7, 11) is 3.65. The lowest BCUT2D eigenvalue weighted by molar-refractivity contribution is 0.301. The molecule has 0 aliphatic carbocycles. The van der Waals surface area contributed by atoms with Crippen molar-refractivity contribution in [2.24, 2.45) is 0 Å². The quantitative estimate of drug-likeness (QED) is 0.318. The molecule has 174 valence electrons. The maximum Gasteiger partial charge on any atom is 0.163 e. The first-order valence-corrected chi connectivity index (χ1v) is 10.6. The van der Waals surface area contributed by atoms with Crippen molar-refractivity contribution in [1.82, 2.24) is 19.9 Å². The lowest BCUT2D eigenvalue weighted by Crippen LogP contribution is -2.23. The largest absolute Gasteiger partial charge is 0.493 e. The first-order valence-electron chi connectivity index (χ1n) is 10.6. The summed E-state index contributed by atoms with van der Waals surface area (Å²) in [6.07, 6.45) is 7.03. The predicted octanol–water partition coefficient (Wildman–Crippen LogP) is 5.20. The molecule has 0 saturated heterocycles. The number of nitrogens with zero attached hydrogens (tertiary/aromatic N) is 4. The fourth-order valence-corrected chi connectivity index (χ4v) is 3.72. The first kappa shape index (κ1) is 23.1. The second-order valence-corrected chi connectivity index (χ2v) is 7.62. The molecule has 0 saturated carbocycles. The highest BCUT2D eigenvalue weighted by molar-refractivity contribution is 5.94. The molecule has 0 bridgehead atoms. The van der Waals surface area contributed by atoms with E-state index in [0.29, 0.717) is 30.5 Å². The number of ether oxygens (including phenoxy) is 2. The normalized spacial score (nSPS) is 10.6. The Morgan fingerprint density at radius 3 is 2.68 bits per heavy atom. The third-order valence-electron chi connectivity index (χ3n) is 5.53. The van der Waals surface area contributed by atoms with Gasteiger partial charge in [-0.15, -0.1) is 12.4 Å². The van der Waals surface area contributed by atoms with Crippen LogP contribution in [0.4, 0.5) is 17.2 Å². The molecule has 2 N–H and O–H groups in total. The molecule has 0 atom stereocenters. The summed E-state index contributed by atoms with van der Waals surface area (Å²) in [6.45, 7) is 1.20. The predicted molar refractivity (Wildman–Crippen MR) is 138 cm³/mol. The summed E-state index contributed by atoms with van der Waals surface area (Å²) in [4.78, 5) is 18.3. The summed E-state index contributed by atoms with van der Waals surface area (Å²) >= 11 is 0. The van der Waals surface area contributed by atoms with E-state index in [-0.39, 0.29) is 12.4 Å². The molecule has 9 heteroatoms. The topological polar surface area (TPSA) is 88.2 Å².